The zero-order valence-corrected chi connectivity index (χ0v) is 15.4. The molecule has 0 radical (unpaired) electrons. The molecule has 120 valence electrons. The van der Waals surface area contributed by atoms with Gasteiger partial charge >= 0.3 is 0 Å². The van der Waals surface area contributed by atoms with Gasteiger partial charge in [0.1, 0.15) is 0 Å². The Balaban J connectivity index is 0.00000242. The largest absolute Gasteiger partial charge is 0.370 e. The second-order valence-electron chi connectivity index (χ2n) is 5.07. The number of guanidine groups is 1. The van der Waals surface area contributed by atoms with E-state index >= 15 is 0 Å². The molecule has 0 amide bonds. The van der Waals surface area contributed by atoms with E-state index < -0.39 is 0 Å². The number of aromatic nitrogens is 2. The number of rotatable bonds is 6. The van der Waals surface area contributed by atoms with Gasteiger partial charge in [-0.3, -0.25) is 10.1 Å². The Labute approximate surface area is 148 Å². The number of aryl methyl sites for hydroxylation is 3. The fraction of sp³-hybridized carbons (Fsp3) is 0.375. The van der Waals surface area contributed by atoms with Crippen molar-refractivity contribution in [2.24, 2.45) is 10.7 Å². The third kappa shape index (κ3) is 5.67. The molecule has 0 spiro atoms. The summed E-state index contributed by atoms with van der Waals surface area (Å²) in [4.78, 5) is 4.36. The number of benzene rings is 1. The van der Waals surface area contributed by atoms with Crippen LogP contribution in [0.5, 0.6) is 0 Å². The first-order valence-electron chi connectivity index (χ1n) is 7.33. The molecule has 4 N–H and O–H groups in total. The Hall–Kier alpha value is -1.57. The van der Waals surface area contributed by atoms with E-state index in [-0.39, 0.29) is 24.0 Å². The maximum Gasteiger partial charge on any atom is 0.193 e. The average Bonchev–Trinajstić information content (AvgIpc) is 2.89. The lowest BCUT2D eigenvalue weighted by atomic mass is 10.1. The molecule has 0 saturated heterocycles. The van der Waals surface area contributed by atoms with Gasteiger partial charge in [-0.05, 0) is 49.4 Å². The summed E-state index contributed by atoms with van der Waals surface area (Å²) in [5.41, 5.74) is 10.5. The monoisotopic (exact) mass is 413 g/mol. The normalized spacial score (nSPS) is 11.1. The molecule has 0 fully saturated rings. The topological polar surface area (TPSA) is 79.1 Å². The minimum atomic E-state index is 0. The molecule has 1 aromatic heterocycles. The van der Waals surface area contributed by atoms with E-state index in [1.165, 1.54) is 11.1 Å². The highest BCUT2D eigenvalue weighted by Gasteiger charge is 2.00. The van der Waals surface area contributed by atoms with Crippen LogP contribution >= 0.6 is 24.0 Å². The number of aliphatic imine (C=N–C) groups is 1. The van der Waals surface area contributed by atoms with Crippen LogP contribution in [0.4, 0.5) is 5.69 Å². The third-order valence-electron chi connectivity index (χ3n) is 3.43. The van der Waals surface area contributed by atoms with Crippen LogP contribution in [-0.4, -0.2) is 22.7 Å². The number of nitrogens with one attached hydrogen (secondary N) is 2. The zero-order valence-electron chi connectivity index (χ0n) is 13.1. The van der Waals surface area contributed by atoms with Gasteiger partial charge in [0.25, 0.3) is 0 Å². The summed E-state index contributed by atoms with van der Waals surface area (Å²) in [6.45, 7) is 4.87. The second kappa shape index (κ2) is 9.45. The van der Waals surface area contributed by atoms with E-state index in [1.807, 2.05) is 25.3 Å². The van der Waals surface area contributed by atoms with Crippen LogP contribution in [-0.2, 0) is 12.8 Å². The van der Waals surface area contributed by atoms with Crippen molar-refractivity contribution in [1.29, 1.82) is 0 Å². The molecule has 2 rings (SSSR count). The van der Waals surface area contributed by atoms with Crippen LogP contribution in [0.15, 0.2) is 35.5 Å². The lowest BCUT2D eigenvalue weighted by Gasteiger charge is -2.07. The van der Waals surface area contributed by atoms with E-state index in [4.69, 9.17) is 5.73 Å². The maximum atomic E-state index is 5.91. The van der Waals surface area contributed by atoms with Crippen molar-refractivity contribution >= 4 is 35.6 Å². The summed E-state index contributed by atoms with van der Waals surface area (Å²) in [5, 5.41) is 10.1. The van der Waals surface area contributed by atoms with Crippen LogP contribution in [0, 0.1) is 6.92 Å². The fourth-order valence-corrected chi connectivity index (χ4v) is 2.15. The summed E-state index contributed by atoms with van der Waals surface area (Å²) in [6, 6.07) is 8.22. The molecule has 0 aliphatic rings. The highest BCUT2D eigenvalue weighted by molar-refractivity contribution is 14.0. The van der Waals surface area contributed by atoms with Crippen molar-refractivity contribution in [1.82, 2.24) is 10.2 Å². The molecule has 5 nitrogen and oxygen atoms in total. The predicted octanol–water partition coefficient (Wildman–Crippen LogP) is 3.26. The summed E-state index contributed by atoms with van der Waals surface area (Å²) < 4.78 is 0. The molecule has 0 bridgehead atoms. The standard InChI is InChI=1S/C16H23N5.HI/c1-3-13-6-4-8-15(10-13)20-16(17)18-9-5-7-14-11-19-21-12(14)2;/h4,6,8,10-11H,3,5,7,9H2,1-2H3,(H,19,21)(H3,17,18,20);1H. The Morgan fingerprint density at radius 3 is 2.91 bits per heavy atom. The lowest BCUT2D eigenvalue weighted by molar-refractivity contribution is 0.828. The first kappa shape index (κ1) is 18.5. The highest BCUT2D eigenvalue weighted by Crippen LogP contribution is 2.10. The van der Waals surface area contributed by atoms with Crippen molar-refractivity contribution in [3.05, 3.63) is 47.3 Å². The third-order valence-corrected chi connectivity index (χ3v) is 3.43. The van der Waals surface area contributed by atoms with Gasteiger partial charge in [0, 0.05) is 17.9 Å². The van der Waals surface area contributed by atoms with Gasteiger partial charge in [-0.15, -0.1) is 24.0 Å². The fourth-order valence-electron chi connectivity index (χ4n) is 2.15. The van der Waals surface area contributed by atoms with Gasteiger partial charge in [0.05, 0.1) is 6.20 Å². The number of nitrogens with zero attached hydrogens (tertiary/aromatic N) is 2. The predicted molar refractivity (Wildman–Crippen MR) is 103 cm³/mol. The van der Waals surface area contributed by atoms with Crippen molar-refractivity contribution in [3.63, 3.8) is 0 Å². The Kier molecular flexibility index (Phi) is 7.94. The number of hydrogen-bond acceptors (Lipinski definition) is 2. The van der Waals surface area contributed by atoms with Crippen LogP contribution in [0.3, 0.4) is 0 Å². The molecule has 1 aromatic carbocycles. The number of anilines is 1. The molecule has 0 aliphatic heterocycles. The van der Waals surface area contributed by atoms with Crippen LogP contribution in [0.25, 0.3) is 0 Å². The summed E-state index contributed by atoms with van der Waals surface area (Å²) in [5.74, 6) is 0.465. The summed E-state index contributed by atoms with van der Waals surface area (Å²) in [7, 11) is 0. The van der Waals surface area contributed by atoms with E-state index in [1.54, 1.807) is 0 Å². The van der Waals surface area contributed by atoms with Gasteiger partial charge in [-0.2, -0.15) is 5.10 Å². The van der Waals surface area contributed by atoms with Crippen LogP contribution < -0.4 is 11.1 Å². The SMILES string of the molecule is CCc1cccc(NC(N)=NCCCc2cn[nH]c2C)c1.I. The molecule has 1 heterocycles. The van der Waals surface area contributed by atoms with Crippen LogP contribution in [0.1, 0.15) is 30.2 Å². The van der Waals surface area contributed by atoms with Gasteiger partial charge in [0.2, 0.25) is 0 Å². The highest BCUT2D eigenvalue weighted by atomic mass is 127. The number of halogens is 1. The van der Waals surface area contributed by atoms with E-state index in [0.717, 1.165) is 30.6 Å². The Morgan fingerprint density at radius 2 is 2.23 bits per heavy atom. The molecule has 0 unspecified atom stereocenters. The molecule has 22 heavy (non-hydrogen) atoms. The van der Waals surface area contributed by atoms with Gasteiger partial charge in [-0.1, -0.05) is 19.1 Å². The maximum absolute atomic E-state index is 5.91. The number of H-pyrrole nitrogens is 1. The number of nitrogens with two attached hydrogens (primary N) is 1. The van der Waals surface area contributed by atoms with Gasteiger partial charge in [0.15, 0.2) is 5.96 Å². The van der Waals surface area contributed by atoms with Crippen molar-refractivity contribution < 1.29 is 0 Å². The van der Waals surface area contributed by atoms with Gasteiger partial charge < -0.3 is 11.1 Å². The quantitative estimate of drug-likeness (QED) is 0.294. The lowest BCUT2D eigenvalue weighted by Crippen LogP contribution is -2.23. The van der Waals surface area contributed by atoms with Crippen LogP contribution in [0.2, 0.25) is 0 Å². The Morgan fingerprint density at radius 1 is 1.41 bits per heavy atom. The molecule has 0 saturated carbocycles. The second-order valence-corrected chi connectivity index (χ2v) is 5.07. The molecule has 0 aliphatic carbocycles. The first-order valence-corrected chi connectivity index (χ1v) is 7.33. The first-order chi connectivity index (χ1) is 10.2. The summed E-state index contributed by atoms with van der Waals surface area (Å²) in [6.07, 6.45) is 4.80. The molecule has 2 aromatic rings. The molecule has 6 heteroatoms. The Bertz CT molecular complexity index is 606. The van der Waals surface area contributed by atoms with E-state index in [9.17, 15) is 0 Å². The minimum Gasteiger partial charge on any atom is -0.370 e. The number of hydrogen-bond donors (Lipinski definition) is 3. The minimum absolute atomic E-state index is 0. The van der Waals surface area contributed by atoms with Crippen molar-refractivity contribution in [3.8, 4) is 0 Å². The van der Waals surface area contributed by atoms with Gasteiger partial charge in [-0.25, -0.2) is 0 Å². The molecular formula is C16H24IN5. The van der Waals surface area contributed by atoms with Crippen molar-refractivity contribution in [2.75, 3.05) is 11.9 Å². The zero-order chi connectivity index (χ0) is 15.1. The average molecular weight is 413 g/mol. The van der Waals surface area contributed by atoms with E-state index in [0.29, 0.717) is 12.5 Å². The molecule has 0 atom stereocenters. The smallest absolute Gasteiger partial charge is 0.193 e. The number of aromatic amines is 1. The summed E-state index contributed by atoms with van der Waals surface area (Å²) >= 11 is 0. The molecular weight excluding hydrogens is 389 g/mol. The van der Waals surface area contributed by atoms with Crippen molar-refractivity contribution in [2.45, 2.75) is 33.1 Å². The van der Waals surface area contributed by atoms with E-state index in [2.05, 4.69) is 39.6 Å².